The molecule has 0 aliphatic rings. The van der Waals surface area contributed by atoms with Gasteiger partial charge in [0, 0.05) is 10.6 Å². The maximum Gasteiger partial charge on any atom is 0.416 e. The van der Waals surface area contributed by atoms with Gasteiger partial charge in [0.25, 0.3) is 0 Å². The molecule has 0 radical (unpaired) electrons. The number of aromatic amines is 1. The maximum atomic E-state index is 12.7. The Morgan fingerprint density at radius 1 is 1.10 bits per heavy atom. The summed E-state index contributed by atoms with van der Waals surface area (Å²) in [5.74, 6) is 0.504. The van der Waals surface area contributed by atoms with E-state index in [1.807, 2.05) is 13.0 Å². The first kappa shape index (κ1) is 13.9. The quantitative estimate of drug-likeness (QED) is 0.656. The SMILES string of the molecule is Cc1ccc(Cl)cc1-c1nc2ccc(C(F)(F)F)cc2[nH]1. The topological polar surface area (TPSA) is 28.7 Å². The van der Waals surface area contributed by atoms with Crippen LogP contribution < -0.4 is 0 Å². The number of rotatable bonds is 1. The number of aromatic nitrogens is 2. The van der Waals surface area contributed by atoms with Crippen molar-refractivity contribution in [1.82, 2.24) is 9.97 Å². The smallest absolute Gasteiger partial charge is 0.338 e. The standard InChI is InChI=1S/C15H10ClF3N2/c1-8-2-4-10(16)7-11(8)14-20-12-5-3-9(15(17,18)19)6-13(12)21-14/h2-7H,1H3,(H,20,21). The molecule has 1 aromatic heterocycles. The van der Waals surface area contributed by atoms with Gasteiger partial charge >= 0.3 is 6.18 Å². The van der Waals surface area contributed by atoms with E-state index in [-0.39, 0.29) is 0 Å². The number of hydrogen-bond donors (Lipinski definition) is 1. The third-order valence-electron chi connectivity index (χ3n) is 3.26. The molecule has 6 heteroatoms. The summed E-state index contributed by atoms with van der Waals surface area (Å²) in [6.07, 6.45) is -4.37. The molecular formula is C15H10ClF3N2. The number of imidazole rings is 1. The minimum atomic E-state index is -4.37. The van der Waals surface area contributed by atoms with E-state index in [0.717, 1.165) is 23.3 Å². The van der Waals surface area contributed by atoms with Gasteiger partial charge in [-0.25, -0.2) is 4.98 Å². The minimum absolute atomic E-state index is 0.346. The number of hydrogen-bond acceptors (Lipinski definition) is 1. The molecule has 2 aromatic carbocycles. The predicted molar refractivity (Wildman–Crippen MR) is 76.3 cm³/mol. The van der Waals surface area contributed by atoms with Crippen molar-refractivity contribution < 1.29 is 13.2 Å². The Morgan fingerprint density at radius 3 is 2.57 bits per heavy atom. The van der Waals surface area contributed by atoms with Crippen molar-refractivity contribution >= 4 is 22.6 Å². The van der Waals surface area contributed by atoms with Crippen molar-refractivity contribution in [3.05, 3.63) is 52.5 Å². The number of H-pyrrole nitrogens is 1. The number of halogens is 4. The normalized spacial score (nSPS) is 12.0. The molecule has 0 spiro atoms. The molecular weight excluding hydrogens is 301 g/mol. The molecule has 0 atom stereocenters. The number of benzene rings is 2. The molecule has 1 heterocycles. The van der Waals surface area contributed by atoms with Crippen molar-refractivity contribution in [2.45, 2.75) is 13.1 Å². The van der Waals surface area contributed by atoms with Gasteiger partial charge in [-0.1, -0.05) is 17.7 Å². The van der Waals surface area contributed by atoms with Gasteiger partial charge in [0.15, 0.2) is 0 Å². The summed E-state index contributed by atoms with van der Waals surface area (Å²) < 4.78 is 38.1. The number of alkyl halides is 3. The Kier molecular flexibility index (Phi) is 3.17. The van der Waals surface area contributed by atoms with E-state index < -0.39 is 11.7 Å². The van der Waals surface area contributed by atoms with Crippen LogP contribution >= 0.6 is 11.6 Å². The third-order valence-corrected chi connectivity index (χ3v) is 3.50. The fourth-order valence-electron chi connectivity index (χ4n) is 2.16. The molecule has 0 aliphatic heterocycles. The second kappa shape index (κ2) is 4.77. The van der Waals surface area contributed by atoms with Gasteiger partial charge in [-0.05, 0) is 42.8 Å². The van der Waals surface area contributed by atoms with Crippen LogP contribution in [0.5, 0.6) is 0 Å². The Labute approximate surface area is 123 Å². The Hall–Kier alpha value is -2.01. The van der Waals surface area contributed by atoms with E-state index in [2.05, 4.69) is 9.97 Å². The largest absolute Gasteiger partial charge is 0.416 e. The van der Waals surface area contributed by atoms with Gasteiger partial charge in [0.2, 0.25) is 0 Å². The zero-order valence-electron chi connectivity index (χ0n) is 10.9. The average Bonchev–Trinajstić information content (AvgIpc) is 2.83. The summed E-state index contributed by atoms with van der Waals surface area (Å²) in [5, 5.41) is 0.548. The molecule has 21 heavy (non-hydrogen) atoms. The summed E-state index contributed by atoms with van der Waals surface area (Å²) in [6, 6.07) is 8.78. The van der Waals surface area contributed by atoms with Gasteiger partial charge in [0.05, 0.1) is 16.6 Å². The Balaban J connectivity index is 2.15. The first-order chi connectivity index (χ1) is 9.84. The van der Waals surface area contributed by atoms with Crippen LogP contribution in [0.3, 0.4) is 0 Å². The van der Waals surface area contributed by atoms with Gasteiger partial charge in [0.1, 0.15) is 5.82 Å². The van der Waals surface area contributed by atoms with Crippen LogP contribution in [-0.4, -0.2) is 9.97 Å². The van der Waals surface area contributed by atoms with Crippen LogP contribution in [0.2, 0.25) is 5.02 Å². The molecule has 3 rings (SSSR count). The summed E-state index contributed by atoms with van der Waals surface area (Å²) in [6.45, 7) is 1.89. The maximum absolute atomic E-state index is 12.7. The van der Waals surface area contributed by atoms with Crippen molar-refractivity contribution in [3.63, 3.8) is 0 Å². The number of aryl methyl sites for hydroxylation is 1. The molecule has 0 aliphatic carbocycles. The first-order valence-corrected chi connectivity index (χ1v) is 6.56. The van der Waals surface area contributed by atoms with E-state index in [0.29, 0.717) is 21.9 Å². The molecule has 3 aromatic rings. The lowest BCUT2D eigenvalue weighted by Crippen LogP contribution is -2.04. The molecule has 0 saturated carbocycles. The Morgan fingerprint density at radius 2 is 1.86 bits per heavy atom. The average molecular weight is 311 g/mol. The van der Waals surface area contributed by atoms with E-state index >= 15 is 0 Å². The number of fused-ring (bicyclic) bond motifs is 1. The summed E-state index contributed by atoms with van der Waals surface area (Å²) in [7, 11) is 0. The minimum Gasteiger partial charge on any atom is -0.338 e. The van der Waals surface area contributed by atoms with Gasteiger partial charge < -0.3 is 4.98 Å². The molecule has 0 fully saturated rings. The van der Waals surface area contributed by atoms with Crippen molar-refractivity contribution in [2.75, 3.05) is 0 Å². The monoisotopic (exact) mass is 310 g/mol. The molecule has 108 valence electrons. The summed E-state index contributed by atoms with van der Waals surface area (Å²) >= 11 is 5.96. The summed E-state index contributed by atoms with van der Waals surface area (Å²) in [5.41, 5.74) is 1.84. The fourth-order valence-corrected chi connectivity index (χ4v) is 2.33. The van der Waals surface area contributed by atoms with E-state index in [1.165, 1.54) is 6.07 Å². The zero-order chi connectivity index (χ0) is 15.2. The second-order valence-corrected chi connectivity index (χ2v) is 5.21. The highest BCUT2D eigenvalue weighted by Crippen LogP contribution is 2.32. The van der Waals surface area contributed by atoms with Crippen molar-refractivity contribution in [2.24, 2.45) is 0 Å². The second-order valence-electron chi connectivity index (χ2n) is 4.77. The van der Waals surface area contributed by atoms with Gasteiger partial charge in [-0.2, -0.15) is 13.2 Å². The molecule has 0 bridgehead atoms. The van der Waals surface area contributed by atoms with Crippen LogP contribution in [0.15, 0.2) is 36.4 Å². The summed E-state index contributed by atoms with van der Waals surface area (Å²) in [4.78, 5) is 7.25. The van der Waals surface area contributed by atoms with E-state index in [4.69, 9.17) is 11.6 Å². The molecule has 0 saturated heterocycles. The van der Waals surface area contributed by atoms with Crippen LogP contribution in [0.4, 0.5) is 13.2 Å². The lowest BCUT2D eigenvalue weighted by molar-refractivity contribution is -0.137. The number of nitrogens with one attached hydrogen (secondary N) is 1. The zero-order valence-corrected chi connectivity index (χ0v) is 11.7. The van der Waals surface area contributed by atoms with Crippen LogP contribution in [0.1, 0.15) is 11.1 Å². The van der Waals surface area contributed by atoms with Crippen LogP contribution in [-0.2, 0) is 6.18 Å². The molecule has 1 N–H and O–H groups in total. The highest BCUT2D eigenvalue weighted by molar-refractivity contribution is 6.30. The van der Waals surface area contributed by atoms with Crippen LogP contribution in [0.25, 0.3) is 22.4 Å². The highest BCUT2D eigenvalue weighted by Gasteiger charge is 2.30. The fraction of sp³-hybridized carbons (Fsp3) is 0.133. The first-order valence-electron chi connectivity index (χ1n) is 6.18. The molecule has 2 nitrogen and oxygen atoms in total. The molecule has 0 amide bonds. The van der Waals surface area contributed by atoms with Gasteiger partial charge in [-0.3, -0.25) is 0 Å². The van der Waals surface area contributed by atoms with Crippen molar-refractivity contribution in [1.29, 1.82) is 0 Å². The van der Waals surface area contributed by atoms with E-state index in [9.17, 15) is 13.2 Å². The lowest BCUT2D eigenvalue weighted by Gasteiger charge is -2.05. The third kappa shape index (κ3) is 2.61. The lowest BCUT2D eigenvalue weighted by atomic mass is 10.1. The molecule has 0 unspecified atom stereocenters. The van der Waals surface area contributed by atoms with Gasteiger partial charge in [-0.15, -0.1) is 0 Å². The predicted octanol–water partition coefficient (Wildman–Crippen LogP) is 5.21. The van der Waals surface area contributed by atoms with E-state index in [1.54, 1.807) is 12.1 Å². The van der Waals surface area contributed by atoms with Crippen LogP contribution in [0, 0.1) is 6.92 Å². The Bertz CT molecular complexity index is 821. The highest BCUT2D eigenvalue weighted by atomic mass is 35.5. The van der Waals surface area contributed by atoms with Crippen molar-refractivity contribution in [3.8, 4) is 11.4 Å². The number of nitrogens with zero attached hydrogens (tertiary/aromatic N) is 1.